The van der Waals surface area contributed by atoms with Gasteiger partial charge in [-0.1, -0.05) is 35.4 Å². The first-order valence-corrected chi connectivity index (χ1v) is 6.97. The van der Waals surface area contributed by atoms with Crippen molar-refractivity contribution >= 4 is 11.6 Å². The zero-order valence-corrected chi connectivity index (χ0v) is 12.7. The monoisotopic (exact) mass is 308 g/mol. The number of halogens is 2. The van der Waals surface area contributed by atoms with E-state index in [2.05, 4.69) is 5.43 Å². The molecule has 112 valence electrons. The topological polar surface area (TPSA) is 47.3 Å². The zero-order valence-electron chi connectivity index (χ0n) is 12.0. The molecule has 0 aliphatic carbocycles. The third kappa shape index (κ3) is 3.73. The molecule has 3 nitrogen and oxygen atoms in total. The zero-order chi connectivity index (χ0) is 15.4. The maximum Gasteiger partial charge on any atom is 0.124 e. The molecule has 0 radical (unpaired) electrons. The van der Waals surface area contributed by atoms with Crippen LogP contribution in [0.25, 0.3) is 0 Å². The Morgan fingerprint density at radius 3 is 2.67 bits per heavy atom. The van der Waals surface area contributed by atoms with E-state index in [0.29, 0.717) is 11.4 Å². The molecule has 0 spiro atoms. The molecule has 5 heteroatoms. The molecule has 21 heavy (non-hydrogen) atoms. The average Bonchev–Trinajstić information content (AvgIpc) is 2.46. The van der Waals surface area contributed by atoms with Crippen LogP contribution in [0.15, 0.2) is 36.4 Å². The van der Waals surface area contributed by atoms with Gasteiger partial charge in [0.05, 0.1) is 13.2 Å². The van der Waals surface area contributed by atoms with Crippen molar-refractivity contribution in [1.82, 2.24) is 5.43 Å². The summed E-state index contributed by atoms with van der Waals surface area (Å²) in [7, 11) is 1.62. The predicted molar refractivity (Wildman–Crippen MR) is 82.9 cm³/mol. The van der Waals surface area contributed by atoms with E-state index in [0.717, 1.165) is 22.4 Å². The Balaban J connectivity index is 2.34. The van der Waals surface area contributed by atoms with Crippen LogP contribution in [0.4, 0.5) is 4.39 Å². The normalized spacial score (nSPS) is 12.2. The minimum Gasteiger partial charge on any atom is -0.496 e. The predicted octanol–water partition coefficient (Wildman–Crippen LogP) is 3.54. The number of nitrogens with two attached hydrogens (primary N) is 1. The molecule has 2 aromatic rings. The van der Waals surface area contributed by atoms with Crippen molar-refractivity contribution in [1.29, 1.82) is 0 Å². The van der Waals surface area contributed by atoms with Gasteiger partial charge in [-0.3, -0.25) is 11.3 Å². The van der Waals surface area contributed by atoms with Crippen LogP contribution in [0, 0.1) is 12.7 Å². The van der Waals surface area contributed by atoms with Crippen LogP contribution in [-0.2, 0) is 6.42 Å². The average molecular weight is 309 g/mol. The molecular weight excluding hydrogens is 291 g/mol. The van der Waals surface area contributed by atoms with Gasteiger partial charge >= 0.3 is 0 Å². The second-order valence-corrected chi connectivity index (χ2v) is 5.31. The lowest BCUT2D eigenvalue weighted by molar-refractivity contribution is 0.399. The molecule has 3 N–H and O–H groups in total. The molecule has 2 rings (SSSR count). The van der Waals surface area contributed by atoms with Crippen LogP contribution in [0.2, 0.25) is 5.02 Å². The number of hydrazine groups is 1. The number of benzene rings is 2. The number of hydrogen-bond donors (Lipinski definition) is 2. The molecule has 0 aromatic heterocycles. The van der Waals surface area contributed by atoms with Crippen LogP contribution in [0.1, 0.15) is 22.7 Å². The van der Waals surface area contributed by atoms with Crippen molar-refractivity contribution in [2.45, 2.75) is 19.4 Å². The first-order valence-electron chi connectivity index (χ1n) is 6.59. The summed E-state index contributed by atoms with van der Waals surface area (Å²) in [5, 5.41) is 0.391. The molecule has 0 heterocycles. The molecule has 0 aliphatic heterocycles. The standard InChI is InChI=1S/C16H18ClFN2O/c1-10-3-6-16(21-2)13(7-10)15(20-19)8-11-4-5-12(18)9-14(11)17/h3-7,9,15,20H,8,19H2,1-2H3. The highest BCUT2D eigenvalue weighted by Crippen LogP contribution is 2.30. The van der Waals surface area contributed by atoms with Crippen molar-refractivity contribution < 1.29 is 9.13 Å². The summed E-state index contributed by atoms with van der Waals surface area (Å²) in [6.45, 7) is 2.00. The fourth-order valence-corrected chi connectivity index (χ4v) is 2.54. The van der Waals surface area contributed by atoms with Gasteiger partial charge in [0, 0.05) is 10.6 Å². The molecular formula is C16H18ClFN2O. The van der Waals surface area contributed by atoms with Gasteiger partial charge in [0.1, 0.15) is 11.6 Å². The molecule has 0 amide bonds. The smallest absolute Gasteiger partial charge is 0.124 e. The summed E-state index contributed by atoms with van der Waals surface area (Å²) in [5.74, 6) is 6.08. The highest BCUT2D eigenvalue weighted by atomic mass is 35.5. The molecule has 0 fully saturated rings. The van der Waals surface area contributed by atoms with E-state index in [9.17, 15) is 4.39 Å². The molecule has 2 aromatic carbocycles. The number of methoxy groups -OCH3 is 1. The third-order valence-corrected chi connectivity index (χ3v) is 3.75. The lowest BCUT2D eigenvalue weighted by atomic mass is 9.97. The Hall–Kier alpha value is -1.62. The van der Waals surface area contributed by atoms with E-state index in [1.54, 1.807) is 13.2 Å². The van der Waals surface area contributed by atoms with Gasteiger partial charge in [0.15, 0.2) is 0 Å². The van der Waals surface area contributed by atoms with Crippen molar-refractivity contribution in [3.8, 4) is 5.75 Å². The number of ether oxygens (including phenoxy) is 1. The summed E-state index contributed by atoms with van der Waals surface area (Å²) >= 11 is 6.08. The van der Waals surface area contributed by atoms with E-state index >= 15 is 0 Å². The summed E-state index contributed by atoms with van der Waals surface area (Å²) < 4.78 is 18.5. The number of rotatable bonds is 5. The summed E-state index contributed by atoms with van der Waals surface area (Å²) in [6, 6.07) is 10.1. The van der Waals surface area contributed by atoms with Crippen molar-refractivity contribution in [3.63, 3.8) is 0 Å². The lowest BCUT2D eigenvalue weighted by Crippen LogP contribution is -2.30. The van der Waals surface area contributed by atoms with Gasteiger partial charge in [-0.2, -0.15) is 0 Å². The number of aryl methyl sites for hydroxylation is 1. The highest BCUT2D eigenvalue weighted by Gasteiger charge is 2.17. The van der Waals surface area contributed by atoms with Gasteiger partial charge in [-0.25, -0.2) is 4.39 Å². The van der Waals surface area contributed by atoms with E-state index in [1.807, 2.05) is 25.1 Å². The van der Waals surface area contributed by atoms with Gasteiger partial charge in [-0.15, -0.1) is 0 Å². The maximum absolute atomic E-state index is 13.1. The quantitative estimate of drug-likeness (QED) is 0.656. The first-order chi connectivity index (χ1) is 10.0. The Kier molecular flexibility index (Phi) is 5.17. The van der Waals surface area contributed by atoms with Crippen LogP contribution in [0.5, 0.6) is 5.75 Å². The fourth-order valence-electron chi connectivity index (χ4n) is 2.29. The van der Waals surface area contributed by atoms with Crippen LogP contribution in [-0.4, -0.2) is 7.11 Å². The molecule has 1 unspecified atom stereocenters. The summed E-state index contributed by atoms with van der Waals surface area (Å²) in [4.78, 5) is 0. The molecule has 0 saturated carbocycles. The second kappa shape index (κ2) is 6.89. The molecule has 1 atom stereocenters. The number of hydrogen-bond acceptors (Lipinski definition) is 3. The van der Waals surface area contributed by atoms with Crippen LogP contribution in [0.3, 0.4) is 0 Å². The number of nitrogens with one attached hydrogen (secondary N) is 1. The Morgan fingerprint density at radius 2 is 2.05 bits per heavy atom. The van der Waals surface area contributed by atoms with Crippen LogP contribution < -0.4 is 16.0 Å². The van der Waals surface area contributed by atoms with Crippen molar-refractivity contribution in [3.05, 3.63) is 63.9 Å². The minimum absolute atomic E-state index is 0.178. The highest BCUT2D eigenvalue weighted by molar-refractivity contribution is 6.31. The van der Waals surface area contributed by atoms with Gasteiger partial charge < -0.3 is 4.74 Å². The van der Waals surface area contributed by atoms with E-state index in [1.165, 1.54) is 12.1 Å². The largest absolute Gasteiger partial charge is 0.496 e. The second-order valence-electron chi connectivity index (χ2n) is 4.90. The van der Waals surface area contributed by atoms with Crippen molar-refractivity contribution in [2.75, 3.05) is 7.11 Å². The van der Waals surface area contributed by atoms with Gasteiger partial charge in [-0.05, 0) is 37.1 Å². The SMILES string of the molecule is COc1ccc(C)cc1C(Cc1ccc(F)cc1Cl)NN. The summed E-state index contributed by atoms with van der Waals surface area (Å²) in [6.07, 6.45) is 0.537. The van der Waals surface area contributed by atoms with Crippen molar-refractivity contribution in [2.24, 2.45) is 5.84 Å². The van der Waals surface area contributed by atoms with Crippen LogP contribution >= 0.6 is 11.6 Å². The van der Waals surface area contributed by atoms with Gasteiger partial charge in [0.2, 0.25) is 0 Å². The molecule has 0 bridgehead atoms. The molecule has 0 saturated heterocycles. The Bertz CT molecular complexity index is 634. The summed E-state index contributed by atoms with van der Waals surface area (Å²) in [5.41, 5.74) is 5.65. The first kappa shape index (κ1) is 15.8. The lowest BCUT2D eigenvalue weighted by Gasteiger charge is -2.20. The maximum atomic E-state index is 13.1. The Labute approximate surface area is 128 Å². The fraction of sp³-hybridized carbons (Fsp3) is 0.250. The third-order valence-electron chi connectivity index (χ3n) is 3.40. The van der Waals surface area contributed by atoms with E-state index < -0.39 is 0 Å². The van der Waals surface area contributed by atoms with E-state index in [-0.39, 0.29) is 11.9 Å². The Morgan fingerprint density at radius 1 is 1.29 bits per heavy atom. The van der Waals surface area contributed by atoms with E-state index in [4.69, 9.17) is 22.2 Å². The minimum atomic E-state index is -0.353. The van der Waals surface area contributed by atoms with Gasteiger partial charge in [0.25, 0.3) is 0 Å². The molecule has 0 aliphatic rings.